The van der Waals surface area contributed by atoms with Gasteiger partial charge in [0, 0.05) is 25.1 Å². The lowest BCUT2D eigenvalue weighted by molar-refractivity contribution is 1.07. The first kappa shape index (κ1) is 11.1. The Kier molecular flexibility index (Phi) is 3.31. The number of pyridine rings is 2. The van der Waals surface area contributed by atoms with E-state index in [2.05, 4.69) is 21.4 Å². The van der Waals surface area contributed by atoms with E-state index in [1.807, 2.05) is 25.3 Å². The van der Waals surface area contributed by atoms with Gasteiger partial charge in [0.2, 0.25) is 0 Å². The van der Waals surface area contributed by atoms with E-state index < -0.39 is 0 Å². The van der Waals surface area contributed by atoms with Crippen molar-refractivity contribution in [3.63, 3.8) is 0 Å². The van der Waals surface area contributed by atoms with Crippen LogP contribution in [0.4, 0.5) is 5.69 Å². The summed E-state index contributed by atoms with van der Waals surface area (Å²) in [5, 5.41) is 12.1. The topological polar surface area (TPSA) is 61.6 Å². The minimum absolute atomic E-state index is 0.411. The van der Waals surface area contributed by atoms with E-state index in [9.17, 15) is 0 Å². The second kappa shape index (κ2) is 5.08. The van der Waals surface area contributed by atoms with Crippen molar-refractivity contribution in [3.05, 3.63) is 53.6 Å². The third-order valence-corrected chi connectivity index (χ3v) is 2.53. The number of nitrogens with zero attached hydrogens (tertiary/aromatic N) is 3. The number of hydrogen-bond donors (Lipinski definition) is 1. The van der Waals surface area contributed by atoms with Crippen molar-refractivity contribution in [1.82, 2.24) is 9.97 Å². The molecule has 17 heavy (non-hydrogen) atoms. The van der Waals surface area contributed by atoms with Gasteiger partial charge in [0.1, 0.15) is 6.07 Å². The molecule has 0 aliphatic carbocycles. The molecule has 0 bridgehead atoms. The highest BCUT2D eigenvalue weighted by Crippen LogP contribution is 2.13. The van der Waals surface area contributed by atoms with Crippen LogP contribution in [0, 0.1) is 18.3 Å². The molecule has 0 fully saturated rings. The van der Waals surface area contributed by atoms with Gasteiger partial charge in [-0.3, -0.25) is 4.98 Å². The molecule has 0 saturated heterocycles. The van der Waals surface area contributed by atoms with Gasteiger partial charge in [-0.1, -0.05) is 0 Å². The van der Waals surface area contributed by atoms with E-state index in [0.717, 1.165) is 11.3 Å². The summed E-state index contributed by atoms with van der Waals surface area (Å²) in [6.45, 7) is 2.67. The second-order valence-corrected chi connectivity index (χ2v) is 3.67. The van der Waals surface area contributed by atoms with Crippen LogP contribution in [0.5, 0.6) is 0 Å². The van der Waals surface area contributed by atoms with Crippen LogP contribution in [0.3, 0.4) is 0 Å². The smallest absolute Gasteiger partial charge is 0.163 e. The number of nitriles is 1. The van der Waals surface area contributed by atoms with Crippen molar-refractivity contribution in [2.45, 2.75) is 13.5 Å². The van der Waals surface area contributed by atoms with Crippen LogP contribution in [-0.2, 0) is 6.54 Å². The number of aromatic nitrogens is 2. The standard InChI is InChI=1S/C13H12N4/c1-10-4-6-15-8-11(10)9-17-12-3-2-5-16-13(12)7-14/h2-6,8,17H,9H2,1H3. The molecule has 0 atom stereocenters. The van der Waals surface area contributed by atoms with Crippen LogP contribution < -0.4 is 5.32 Å². The average molecular weight is 224 g/mol. The lowest BCUT2D eigenvalue weighted by atomic mass is 10.1. The third-order valence-electron chi connectivity index (χ3n) is 2.53. The molecular formula is C13H12N4. The minimum atomic E-state index is 0.411. The van der Waals surface area contributed by atoms with Gasteiger partial charge in [0.05, 0.1) is 5.69 Å². The highest BCUT2D eigenvalue weighted by molar-refractivity contribution is 5.53. The van der Waals surface area contributed by atoms with Crippen LogP contribution in [0.25, 0.3) is 0 Å². The first-order valence-corrected chi connectivity index (χ1v) is 5.29. The van der Waals surface area contributed by atoms with Crippen molar-refractivity contribution in [3.8, 4) is 6.07 Å². The van der Waals surface area contributed by atoms with Crippen molar-refractivity contribution in [2.75, 3.05) is 5.32 Å². The van der Waals surface area contributed by atoms with Gasteiger partial charge in [0.15, 0.2) is 5.69 Å². The number of hydrogen-bond acceptors (Lipinski definition) is 4. The van der Waals surface area contributed by atoms with E-state index in [0.29, 0.717) is 12.2 Å². The number of rotatable bonds is 3. The maximum absolute atomic E-state index is 8.91. The number of aryl methyl sites for hydroxylation is 1. The fourth-order valence-corrected chi connectivity index (χ4v) is 1.51. The molecule has 0 unspecified atom stereocenters. The largest absolute Gasteiger partial charge is 0.379 e. The molecule has 2 aromatic rings. The van der Waals surface area contributed by atoms with Gasteiger partial charge in [-0.05, 0) is 36.2 Å². The Bertz CT molecular complexity index is 557. The van der Waals surface area contributed by atoms with Crippen LogP contribution in [0.2, 0.25) is 0 Å². The molecule has 84 valence electrons. The SMILES string of the molecule is Cc1ccncc1CNc1cccnc1C#N. The van der Waals surface area contributed by atoms with Crippen molar-refractivity contribution in [1.29, 1.82) is 5.26 Å². The fourth-order valence-electron chi connectivity index (χ4n) is 1.51. The summed E-state index contributed by atoms with van der Waals surface area (Å²) >= 11 is 0. The van der Waals surface area contributed by atoms with Crippen LogP contribution >= 0.6 is 0 Å². The molecule has 0 aliphatic heterocycles. The summed E-state index contributed by atoms with van der Waals surface area (Å²) in [6, 6.07) is 7.67. The molecule has 0 aromatic carbocycles. The zero-order valence-corrected chi connectivity index (χ0v) is 9.51. The summed E-state index contributed by atoms with van der Waals surface area (Å²) in [4.78, 5) is 8.07. The molecule has 2 heterocycles. The summed E-state index contributed by atoms with van der Waals surface area (Å²) in [5.41, 5.74) is 3.45. The van der Waals surface area contributed by atoms with Gasteiger partial charge in [-0.25, -0.2) is 4.98 Å². The molecule has 0 aliphatic rings. The van der Waals surface area contributed by atoms with Crippen molar-refractivity contribution in [2.24, 2.45) is 0 Å². The number of nitrogens with one attached hydrogen (secondary N) is 1. The third kappa shape index (κ3) is 2.58. The number of anilines is 1. The molecule has 0 amide bonds. The fraction of sp³-hybridized carbons (Fsp3) is 0.154. The molecule has 4 heteroatoms. The molecule has 1 N–H and O–H groups in total. The van der Waals surface area contributed by atoms with Crippen LogP contribution in [0.1, 0.15) is 16.8 Å². The maximum atomic E-state index is 8.91. The molecule has 0 radical (unpaired) electrons. The zero-order valence-electron chi connectivity index (χ0n) is 9.51. The highest BCUT2D eigenvalue weighted by Gasteiger charge is 2.02. The van der Waals surface area contributed by atoms with E-state index in [-0.39, 0.29) is 0 Å². The van der Waals surface area contributed by atoms with E-state index in [1.54, 1.807) is 18.5 Å². The summed E-state index contributed by atoms with van der Waals surface area (Å²) < 4.78 is 0. The molecule has 4 nitrogen and oxygen atoms in total. The first-order valence-electron chi connectivity index (χ1n) is 5.29. The van der Waals surface area contributed by atoms with Crippen molar-refractivity contribution < 1.29 is 0 Å². The lowest BCUT2D eigenvalue weighted by Crippen LogP contribution is -2.04. The van der Waals surface area contributed by atoms with Gasteiger partial charge in [-0.2, -0.15) is 5.26 Å². The molecule has 0 spiro atoms. The predicted octanol–water partition coefficient (Wildman–Crippen LogP) is 2.27. The Balaban J connectivity index is 2.13. The minimum Gasteiger partial charge on any atom is -0.379 e. The summed E-state index contributed by atoms with van der Waals surface area (Å²) in [6.07, 6.45) is 5.20. The molecule has 2 aromatic heterocycles. The monoisotopic (exact) mass is 224 g/mol. The van der Waals surface area contributed by atoms with Gasteiger partial charge < -0.3 is 5.32 Å². The predicted molar refractivity (Wildman–Crippen MR) is 65.3 cm³/mol. The average Bonchev–Trinajstić information content (AvgIpc) is 2.38. The molecule has 0 saturated carbocycles. The van der Waals surface area contributed by atoms with E-state index in [1.165, 1.54) is 5.56 Å². The second-order valence-electron chi connectivity index (χ2n) is 3.67. The van der Waals surface area contributed by atoms with Gasteiger partial charge >= 0.3 is 0 Å². The Morgan fingerprint density at radius 3 is 3.00 bits per heavy atom. The normalized spacial score (nSPS) is 9.65. The Hall–Kier alpha value is -2.41. The Morgan fingerprint density at radius 1 is 1.35 bits per heavy atom. The van der Waals surface area contributed by atoms with E-state index >= 15 is 0 Å². The lowest BCUT2D eigenvalue weighted by Gasteiger charge is -2.08. The summed E-state index contributed by atoms with van der Waals surface area (Å²) in [5.74, 6) is 0. The quantitative estimate of drug-likeness (QED) is 0.868. The summed E-state index contributed by atoms with van der Waals surface area (Å²) in [7, 11) is 0. The van der Waals surface area contributed by atoms with Gasteiger partial charge in [0.25, 0.3) is 0 Å². The Labute approximate surface area is 100.0 Å². The van der Waals surface area contributed by atoms with Crippen LogP contribution in [-0.4, -0.2) is 9.97 Å². The van der Waals surface area contributed by atoms with Crippen molar-refractivity contribution >= 4 is 5.69 Å². The highest BCUT2D eigenvalue weighted by atomic mass is 14.9. The molecular weight excluding hydrogens is 212 g/mol. The zero-order chi connectivity index (χ0) is 12.1. The van der Waals surface area contributed by atoms with E-state index in [4.69, 9.17) is 5.26 Å². The Morgan fingerprint density at radius 2 is 2.24 bits per heavy atom. The molecule has 2 rings (SSSR count). The first-order chi connectivity index (χ1) is 8.31. The van der Waals surface area contributed by atoms with Crippen LogP contribution in [0.15, 0.2) is 36.8 Å². The maximum Gasteiger partial charge on any atom is 0.163 e. The van der Waals surface area contributed by atoms with Gasteiger partial charge in [-0.15, -0.1) is 0 Å².